The zero-order valence-electron chi connectivity index (χ0n) is 11.7. The number of halogens is 1. The number of hydrogen-bond donors (Lipinski definition) is 1. The van der Waals surface area contributed by atoms with Crippen molar-refractivity contribution < 1.29 is 14.3 Å². The first kappa shape index (κ1) is 13.5. The number of thiophene rings is 1. The second kappa shape index (κ2) is 4.92. The third-order valence-electron chi connectivity index (χ3n) is 3.98. The molecule has 4 rings (SSSR count). The summed E-state index contributed by atoms with van der Waals surface area (Å²) in [6, 6.07) is 11.3. The number of Topliss-reactive ketones (excluding diaryl/α,β-unsaturated/α-hetero) is 1. The zero-order valence-corrected chi connectivity index (χ0v) is 12.5. The van der Waals surface area contributed by atoms with E-state index in [1.165, 1.54) is 23.5 Å². The van der Waals surface area contributed by atoms with Crippen LogP contribution in [0.3, 0.4) is 0 Å². The lowest BCUT2D eigenvalue weighted by Gasteiger charge is -2.04. The first-order valence-electron chi connectivity index (χ1n) is 7.19. The molecule has 1 aliphatic carbocycles. The molecule has 0 radical (unpaired) electrons. The Morgan fingerprint density at radius 2 is 1.86 bits per heavy atom. The summed E-state index contributed by atoms with van der Waals surface area (Å²) in [5.74, 6) is 0.182. The molecule has 2 nitrogen and oxygen atoms in total. The predicted molar refractivity (Wildman–Crippen MR) is 85.9 cm³/mol. The maximum atomic E-state index is 13.2. The molecule has 0 unspecified atom stereocenters. The van der Waals surface area contributed by atoms with Gasteiger partial charge in [-0.15, -0.1) is 11.3 Å². The Kier molecular flexibility index (Phi) is 3.01. The molecular weight excluding hydrogens is 299 g/mol. The van der Waals surface area contributed by atoms with Gasteiger partial charge in [-0.2, -0.15) is 0 Å². The molecule has 1 N–H and O–H groups in total. The topological polar surface area (TPSA) is 37.3 Å². The van der Waals surface area contributed by atoms with Crippen LogP contribution < -0.4 is 0 Å². The van der Waals surface area contributed by atoms with Gasteiger partial charge in [0, 0.05) is 21.6 Å². The summed E-state index contributed by atoms with van der Waals surface area (Å²) in [6.07, 6.45) is 1.89. The standard InChI is InChI=1S/C18H13FO2S/c19-12-5-3-10(4-6-12)16-14-8-7-13(20)9-15(14)22-18(16)17(21)11-1-2-11/h3-9,11,20H,1-2H2. The highest BCUT2D eigenvalue weighted by Gasteiger charge is 2.33. The number of phenols is 1. The number of aromatic hydroxyl groups is 1. The second-order valence-corrected chi connectivity index (χ2v) is 6.68. The lowest BCUT2D eigenvalue weighted by atomic mass is 9.99. The smallest absolute Gasteiger partial charge is 0.176 e. The minimum absolute atomic E-state index is 0.126. The largest absolute Gasteiger partial charge is 0.508 e. The van der Waals surface area contributed by atoms with Crippen LogP contribution in [0.1, 0.15) is 22.5 Å². The van der Waals surface area contributed by atoms with E-state index in [0.717, 1.165) is 38.9 Å². The normalized spacial score (nSPS) is 14.4. The van der Waals surface area contributed by atoms with Gasteiger partial charge in [-0.3, -0.25) is 4.79 Å². The summed E-state index contributed by atoms with van der Waals surface area (Å²) in [6.45, 7) is 0. The minimum atomic E-state index is -0.295. The van der Waals surface area contributed by atoms with Crippen molar-refractivity contribution in [2.45, 2.75) is 12.8 Å². The summed E-state index contributed by atoms with van der Waals surface area (Å²) in [4.78, 5) is 13.3. The Hall–Kier alpha value is -2.20. The average Bonchev–Trinajstić information content (AvgIpc) is 3.28. The molecule has 1 aromatic heterocycles. The van der Waals surface area contributed by atoms with Crippen molar-refractivity contribution in [3.05, 3.63) is 53.2 Å². The van der Waals surface area contributed by atoms with Gasteiger partial charge >= 0.3 is 0 Å². The van der Waals surface area contributed by atoms with E-state index in [0.29, 0.717) is 0 Å². The number of hydrogen-bond acceptors (Lipinski definition) is 3. The van der Waals surface area contributed by atoms with Crippen LogP contribution in [0.2, 0.25) is 0 Å². The Labute approximate surface area is 130 Å². The average molecular weight is 312 g/mol. The van der Waals surface area contributed by atoms with Gasteiger partial charge in [0.15, 0.2) is 5.78 Å². The molecule has 1 fully saturated rings. The third kappa shape index (κ3) is 2.20. The molecule has 0 saturated heterocycles. The van der Waals surface area contributed by atoms with Gasteiger partial charge in [0.1, 0.15) is 11.6 Å². The Bertz CT molecular complexity index is 876. The molecule has 1 aliphatic rings. The number of fused-ring (bicyclic) bond motifs is 1. The number of ketones is 1. The van der Waals surface area contributed by atoms with Gasteiger partial charge in [0.05, 0.1) is 4.88 Å². The molecule has 3 aromatic rings. The molecule has 1 saturated carbocycles. The van der Waals surface area contributed by atoms with Gasteiger partial charge in [0.25, 0.3) is 0 Å². The predicted octanol–water partition coefficient (Wildman–Crippen LogP) is 5.01. The fraction of sp³-hybridized carbons (Fsp3) is 0.167. The van der Waals surface area contributed by atoms with E-state index in [1.54, 1.807) is 24.3 Å². The summed E-state index contributed by atoms with van der Waals surface area (Å²) in [5, 5.41) is 10.6. The number of phenolic OH excluding ortho intramolecular Hbond substituents is 1. The maximum Gasteiger partial charge on any atom is 0.176 e. The molecule has 1 heterocycles. The number of benzene rings is 2. The lowest BCUT2D eigenvalue weighted by Crippen LogP contribution is -2.00. The Balaban J connectivity index is 1.98. The van der Waals surface area contributed by atoms with E-state index < -0.39 is 0 Å². The van der Waals surface area contributed by atoms with E-state index in [9.17, 15) is 14.3 Å². The van der Waals surface area contributed by atoms with E-state index in [4.69, 9.17) is 0 Å². The van der Waals surface area contributed by atoms with Crippen LogP contribution in [0.15, 0.2) is 42.5 Å². The molecule has 4 heteroatoms. The molecule has 0 atom stereocenters. The van der Waals surface area contributed by atoms with Crippen molar-refractivity contribution in [1.29, 1.82) is 0 Å². The molecular formula is C18H13FO2S. The van der Waals surface area contributed by atoms with E-state index in [1.807, 2.05) is 6.07 Å². The van der Waals surface area contributed by atoms with Crippen molar-refractivity contribution in [3.8, 4) is 16.9 Å². The second-order valence-electron chi connectivity index (χ2n) is 5.63. The van der Waals surface area contributed by atoms with Crippen LogP contribution in [0.5, 0.6) is 5.75 Å². The Morgan fingerprint density at radius 3 is 2.55 bits per heavy atom. The van der Waals surface area contributed by atoms with Gasteiger partial charge in [0.2, 0.25) is 0 Å². The molecule has 22 heavy (non-hydrogen) atoms. The maximum absolute atomic E-state index is 13.2. The van der Waals surface area contributed by atoms with Crippen molar-refractivity contribution >= 4 is 27.2 Å². The number of carbonyl (C=O) groups is 1. The lowest BCUT2D eigenvalue weighted by molar-refractivity contribution is 0.0972. The van der Waals surface area contributed by atoms with Gasteiger partial charge < -0.3 is 5.11 Å². The van der Waals surface area contributed by atoms with Gasteiger partial charge in [-0.05, 0) is 48.7 Å². The monoisotopic (exact) mass is 312 g/mol. The van der Waals surface area contributed by atoms with Gasteiger partial charge in [-0.1, -0.05) is 12.1 Å². The third-order valence-corrected chi connectivity index (χ3v) is 5.15. The molecule has 110 valence electrons. The van der Waals surface area contributed by atoms with Crippen molar-refractivity contribution in [3.63, 3.8) is 0 Å². The van der Waals surface area contributed by atoms with Crippen LogP contribution >= 0.6 is 11.3 Å². The summed E-state index contributed by atoms with van der Waals surface area (Å²) >= 11 is 1.41. The van der Waals surface area contributed by atoms with E-state index in [-0.39, 0.29) is 23.3 Å². The minimum Gasteiger partial charge on any atom is -0.508 e. The van der Waals surface area contributed by atoms with Crippen molar-refractivity contribution in [1.82, 2.24) is 0 Å². The van der Waals surface area contributed by atoms with E-state index >= 15 is 0 Å². The quantitative estimate of drug-likeness (QED) is 0.691. The highest BCUT2D eigenvalue weighted by atomic mass is 32.1. The van der Waals surface area contributed by atoms with Crippen molar-refractivity contribution in [2.75, 3.05) is 0 Å². The molecule has 0 bridgehead atoms. The highest BCUT2D eigenvalue weighted by molar-refractivity contribution is 7.21. The van der Waals surface area contributed by atoms with E-state index in [2.05, 4.69) is 0 Å². The molecule has 2 aromatic carbocycles. The summed E-state index contributed by atoms with van der Waals surface area (Å²) < 4.78 is 14.1. The van der Waals surface area contributed by atoms with Crippen LogP contribution in [0.25, 0.3) is 21.2 Å². The summed E-state index contributed by atoms with van der Waals surface area (Å²) in [5.41, 5.74) is 1.69. The SMILES string of the molecule is O=C(c1sc2cc(O)ccc2c1-c1ccc(F)cc1)C1CC1. The van der Waals surface area contributed by atoms with Gasteiger partial charge in [-0.25, -0.2) is 4.39 Å². The first-order valence-corrected chi connectivity index (χ1v) is 8.01. The molecule has 0 aliphatic heterocycles. The summed E-state index contributed by atoms with van der Waals surface area (Å²) in [7, 11) is 0. The van der Waals surface area contributed by atoms with Crippen LogP contribution in [-0.2, 0) is 0 Å². The van der Waals surface area contributed by atoms with Crippen molar-refractivity contribution in [2.24, 2.45) is 5.92 Å². The zero-order chi connectivity index (χ0) is 15.3. The highest BCUT2D eigenvalue weighted by Crippen LogP contribution is 2.44. The Morgan fingerprint density at radius 1 is 1.14 bits per heavy atom. The fourth-order valence-electron chi connectivity index (χ4n) is 2.69. The van der Waals surface area contributed by atoms with Crippen LogP contribution in [0.4, 0.5) is 4.39 Å². The van der Waals surface area contributed by atoms with Crippen LogP contribution in [-0.4, -0.2) is 10.9 Å². The first-order chi connectivity index (χ1) is 10.6. The number of rotatable bonds is 3. The molecule has 0 amide bonds. The van der Waals surface area contributed by atoms with Crippen LogP contribution in [0, 0.1) is 11.7 Å². The fourth-order valence-corrected chi connectivity index (χ4v) is 3.97. The number of carbonyl (C=O) groups excluding carboxylic acids is 1. The molecule has 0 spiro atoms.